The predicted octanol–water partition coefficient (Wildman–Crippen LogP) is 2.38. The van der Waals surface area contributed by atoms with Crippen LogP contribution < -0.4 is 0 Å². The monoisotopic (exact) mass is 204 g/mol. The highest BCUT2D eigenvalue weighted by Gasteiger charge is 2.05. The van der Waals surface area contributed by atoms with Crippen molar-refractivity contribution in [1.29, 1.82) is 0 Å². The summed E-state index contributed by atoms with van der Waals surface area (Å²) in [6.45, 7) is 1.77. The van der Waals surface area contributed by atoms with E-state index in [1.807, 2.05) is 0 Å². The minimum Gasteiger partial charge on any atom is -0.478 e. The zero-order chi connectivity index (χ0) is 11.3. The summed E-state index contributed by atoms with van der Waals surface area (Å²) >= 11 is 0. The third kappa shape index (κ3) is 2.77. The van der Waals surface area contributed by atoms with Gasteiger partial charge in [-0.2, -0.15) is 0 Å². The fraction of sp³-hybridized carbons (Fsp3) is 0.167. The van der Waals surface area contributed by atoms with Gasteiger partial charge in [0.25, 0.3) is 0 Å². The molecule has 0 saturated carbocycles. The molecule has 0 radical (unpaired) electrons. The van der Waals surface area contributed by atoms with E-state index in [1.165, 1.54) is 6.08 Å². The van der Waals surface area contributed by atoms with Crippen molar-refractivity contribution >= 4 is 18.3 Å². The Morgan fingerprint density at radius 1 is 1.33 bits per heavy atom. The fourth-order valence-corrected chi connectivity index (χ4v) is 1.25. The summed E-state index contributed by atoms with van der Waals surface area (Å²) in [5.41, 5.74) is 1.45. The fourth-order valence-electron chi connectivity index (χ4n) is 1.25. The molecule has 1 N–H and O–H groups in total. The topological polar surface area (TPSA) is 54.4 Å². The smallest absolute Gasteiger partial charge is 0.331 e. The number of carbonyl (C=O) groups is 2. The van der Waals surface area contributed by atoms with Crippen LogP contribution in [0.4, 0.5) is 0 Å². The highest BCUT2D eigenvalue weighted by atomic mass is 16.4. The molecule has 1 aromatic carbocycles. The zero-order valence-corrected chi connectivity index (χ0v) is 8.43. The molecule has 15 heavy (non-hydrogen) atoms. The van der Waals surface area contributed by atoms with Crippen molar-refractivity contribution in [3.63, 3.8) is 0 Å². The minimum atomic E-state index is -0.946. The lowest BCUT2D eigenvalue weighted by Crippen LogP contribution is -1.99. The summed E-state index contributed by atoms with van der Waals surface area (Å²) in [4.78, 5) is 21.5. The Morgan fingerprint density at radius 2 is 1.93 bits per heavy atom. The molecule has 0 bridgehead atoms. The third-order valence-electron chi connectivity index (χ3n) is 2.11. The van der Waals surface area contributed by atoms with Gasteiger partial charge in [0.05, 0.1) is 0 Å². The van der Waals surface area contributed by atoms with Gasteiger partial charge in [-0.15, -0.1) is 0 Å². The molecule has 0 fully saturated rings. The van der Waals surface area contributed by atoms with E-state index in [2.05, 4.69) is 0 Å². The summed E-state index contributed by atoms with van der Waals surface area (Å²) in [7, 11) is 0. The normalized spacial score (nSPS) is 11.1. The van der Waals surface area contributed by atoms with Gasteiger partial charge in [-0.05, 0) is 18.1 Å². The van der Waals surface area contributed by atoms with E-state index in [1.54, 1.807) is 31.2 Å². The van der Waals surface area contributed by atoms with Crippen molar-refractivity contribution in [3.8, 4) is 0 Å². The molecule has 0 aliphatic carbocycles. The van der Waals surface area contributed by atoms with Crippen molar-refractivity contribution in [2.75, 3.05) is 0 Å². The molecule has 0 aliphatic heterocycles. The van der Waals surface area contributed by atoms with Gasteiger partial charge >= 0.3 is 5.97 Å². The van der Waals surface area contributed by atoms with Crippen LogP contribution in [-0.4, -0.2) is 17.4 Å². The van der Waals surface area contributed by atoms with Gasteiger partial charge in [-0.25, -0.2) is 4.79 Å². The largest absolute Gasteiger partial charge is 0.478 e. The first-order valence-corrected chi connectivity index (χ1v) is 4.67. The van der Waals surface area contributed by atoms with Crippen LogP contribution in [0.1, 0.15) is 29.3 Å². The molecule has 78 valence electrons. The summed E-state index contributed by atoms with van der Waals surface area (Å²) < 4.78 is 0. The van der Waals surface area contributed by atoms with Gasteiger partial charge < -0.3 is 5.11 Å². The molecule has 0 amide bonds. The number of carboxylic acid groups (broad SMARTS) is 1. The zero-order valence-electron chi connectivity index (χ0n) is 8.43. The van der Waals surface area contributed by atoms with Gasteiger partial charge in [0, 0.05) is 11.1 Å². The molecule has 3 heteroatoms. The summed E-state index contributed by atoms with van der Waals surface area (Å²) in [5.74, 6) is -0.946. The Morgan fingerprint density at radius 3 is 2.40 bits per heavy atom. The number of hydrogen-bond donors (Lipinski definition) is 1. The van der Waals surface area contributed by atoms with Crippen LogP contribution in [0.15, 0.2) is 29.8 Å². The highest BCUT2D eigenvalue weighted by molar-refractivity contribution is 5.94. The van der Waals surface area contributed by atoms with Crippen molar-refractivity contribution in [2.45, 2.75) is 13.3 Å². The van der Waals surface area contributed by atoms with E-state index in [4.69, 9.17) is 5.11 Å². The summed E-state index contributed by atoms with van der Waals surface area (Å²) in [6, 6.07) is 6.90. The second-order valence-corrected chi connectivity index (χ2v) is 3.08. The number of aldehydes is 1. The Labute approximate surface area is 88.0 Å². The van der Waals surface area contributed by atoms with Crippen molar-refractivity contribution in [2.24, 2.45) is 0 Å². The maximum atomic E-state index is 10.8. The number of carbonyl (C=O) groups excluding carboxylic acids is 1. The molecular formula is C12H12O3. The molecular weight excluding hydrogens is 192 g/mol. The third-order valence-corrected chi connectivity index (χ3v) is 2.11. The maximum absolute atomic E-state index is 10.8. The van der Waals surface area contributed by atoms with Crippen molar-refractivity contribution in [1.82, 2.24) is 0 Å². The predicted molar refractivity (Wildman–Crippen MR) is 57.7 cm³/mol. The van der Waals surface area contributed by atoms with Crippen LogP contribution in [0.3, 0.4) is 0 Å². The van der Waals surface area contributed by atoms with Crippen molar-refractivity contribution in [3.05, 3.63) is 41.0 Å². The first kappa shape index (κ1) is 11.2. The Balaban J connectivity index is 3.16. The van der Waals surface area contributed by atoms with E-state index in [0.29, 0.717) is 23.1 Å². The molecule has 0 saturated heterocycles. The van der Waals surface area contributed by atoms with E-state index in [-0.39, 0.29) is 0 Å². The first-order valence-electron chi connectivity index (χ1n) is 4.67. The van der Waals surface area contributed by atoms with Crippen LogP contribution in [-0.2, 0) is 4.79 Å². The van der Waals surface area contributed by atoms with Crippen LogP contribution >= 0.6 is 0 Å². The lowest BCUT2D eigenvalue weighted by Gasteiger charge is -2.01. The average molecular weight is 204 g/mol. The minimum absolute atomic E-state index is 0.296. The van der Waals surface area contributed by atoms with Crippen LogP contribution in [0.5, 0.6) is 0 Å². The van der Waals surface area contributed by atoms with Gasteiger partial charge in [0.2, 0.25) is 0 Å². The SMILES string of the molecule is CC/C(=C\c1ccccc1C=O)C(=O)O. The van der Waals surface area contributed by atoms with Gasteiger partial charge in [-0.3, -0.25) is 4.79 Å². The van der Waals surface area contributed by atoms with Crippen LogP contribution in [0, 0.1) is 0 Å². The van der Waals surface area contributed by atoms with Crippen molar-refractivity contribution < 1.29 is 14.7 Å². The van der Waals surface area contributed by atoms with Gasteiger partial charge in [-0.1, -0.05) is 31.2 Å². The summed E-state index contributed by atoms with van der Waals surface area (Å²) in [6.07, 6.45) is 2.69. The number of rotatable bonds is 4. The average Bonchev–Trinajstić information content (AvgIpc) is 2.25. The van der Waals surface area contributed by atoms with Gasteiger partial charge in [0.15, 0.2) is 6.29 Å². The van der Waals surface area contributed by atoms with E-state index in [9.17, 15) is 9.59 Å². The molecule has 0 heterocycles. The molecule has 0 spiro atoms. The molecule has 3 nitrogen and oxygen atoms in total. The number of benzene rings is 1. The van der Waals surface area contributed by atoms with Crippen LogP contribution in [0.2, 0.25) is 0 Å². The van der Waals surface area contributed by atoms with Crippen LogP contribution in [0.25, 0.3) is 6.08 Å². The second kappa shape index (κ2) is 5.10. The highest BCUT2D eigenvalue weighted by Crippen LogP contribution is 2.13. The molecule has 0 unspecified atom stereocenters. The van der Waals surface area contributed by atoms with E-state index >= 15 is 0 Å². The number of hydrogen-bond acceptors (Lipinski definition) is 2. The standard InChI is InChI=1S/C12H12O3/c1-2-9(12(14)15)7-10-5-3-4-6-11(10)8-13/h3-8H,2H2,1H3,(H,14,15)/b9-7+. The lowest BCUT2D eigenvalue weighted by atomic mass is 10.0. The molecule has 0 aliphatic rings. The maximum Gasteiger partial charge on any atom is 0.331 e. The van der Waals surface area contributed by atoms with E-state index in [0.717, 1.165) is 6.29 Å². The first-order chi connectivity index (χ1) is 7.19. The Hall–Kier alpha value is -1.90. The van der Waals surface area contributed by atoms with E-state index < -0.39 is 5.97 Å². The Kier molecular flexibility index (Phi) is 3.80. The quantitative estimate of drug-likeness (QED) is 0.605. The molecule has 1 rings (SSSR count). The Bertz CT molecular complexity index is 405. The molecule has 0 atom stereocenters. The molecule has 1 aromatic rings. The number of carboxylic acids is 1. The molecule has 0 aromatic heterocycles. The van der Waals surface area contributed by atoms with Gasteiger partial charge in [0.1, 0.15) is 0 Å². The second-order valence-electron chi connectivity index (χ2n) is 3.08. The lowest BCUT2D eigenvalue weighted by molar-refractivity contribution is -0.132. The number of aliphatic carboxylic acids is 1. The summed E-state index contributed by atoms with van der Waals surface area (Å²) in [5, 5.41) is 8.84.